The van der Waals surface area contributed by atoms with Crippen LogP contribution in [0.15, 0.2) is 29.4 Å². The maximum absolute atomic E-state index is 13.3. The van der Waals surface area contributed by atoms with Gasteiger partial charge in [-0.3, -0.25) is 9.59 Å². The van der Waals surface area contributed by atoms with Crippen molar-refractivity contribution in [2.24, 2.45) is 40.4 Å². The quantitative estimate of drug-likeness (QED) is 0.670. The van der Waals surface area contributed by atoms with E-state index in [9.17, 15) is 9.59 Å². The van der Waals surface area contributed by atoms with Crippen LogP contribution in [-0.4, -0.2) is 22.0 Å². The molecule has 1 amide bonds. The first-order valence-electron chi connectivity index (χ1n) is 11.7. The highest BCUT2D eigenvalue weighted by Crippen LogP contribution is 2.67. The van der Waals surface area contributed by atoms with Crippen molar-refractivity contribution in [3.05, 3.63) is 24.4 Å². The van der Waals surface area contributed by atoms with Crippen LogP contribution in [0, 0.1) is 40.4 Å². The highest BCUT2D eigenvalue weighted by Gasteiger charge is 2.62. The Balaban J connectivity index is 1.39. The lowest BCUT2D eigenvalue weighted by atomic mass is 9.45. The van der Waals surface area contributed by atoms with Gasteiger partial charge in [0.05, 0.1) is 0 Å². The zero-order valence-electron chi connectivity index (χ0n) is 18.4. The van der Waals surface area contributed by atoms with E-state index in [4.69, 9.17) is 0 Å². The van der Waals surface area contributed by atoms with Crippen LogP contribution in [0.3, 0.4) is 0 Å². The van der Waals surface area contributed by atoms with Crippen LogP contribution in [0.1, 0.15) is 65.7 Å². The Labute approximate surface area is 184 Å². The van der Waals surface area contributed by atoms with E-state index in [1.807, 2.05) is 18.2 Å². The van der Waals surface area contributed by atoms with Crippen molar-refractivity contribution in [2.75, 3.05) is 0 Å². The average Bonchev–Trinajstić information content (AvgIpc) is 3.07. The highest BCUT2D eigenvalue weighted by atomic mass is 32.2. The summed E-state index contributed by atoms with van der Waals surface area (Å²) in [7, 11) is 0. The molecule has 5 rings (SSSR count). The maximum Gasteiger partial charge on any atom is 0.220 e. The minimum absolute atomic E-state index is 0.107. The Hall–Kier alpha value is -1.36. The summed E-state index contributed by atoms with van der Waals surface area (Å²) < 4.78 is 0. The zero-order chi connectivity index (χ0) is 21.1. The number of carbonyl (C=O) groups excluding carboxylic acids is 2. The predicted octanol–water partition coefficient (Wildman–Crippen LogP) is 5.08. The van der Waals surface area contributed by atoms with Crippen molar-refractivity contribution in [3.8, 4) is 0 Å². The molecule has 1 aliphatic heterocycles. The summed E-state index contributed by atoms with van der Waals surface area (Å²) in [5, 5.41) is 4.48. The molecular formula is C25H34N2O2S. The van der Waals surface area contributed by atoms with Crippen LogP contribution in [0.4, 0.5) is 0 Å². The van der Waals surface area contributed by atoms with Crippen LogP contribution in [-0.2, 0) is 9.59 Å². The number of fused-ring (bicyclic) bond motifs is 5. The van der Waals surface area contributed by atoms with Crippen molar-refractivity contribution >= 4 is 22.8 Å². The summed E-state index contributed by atoms with van der Waals surface area (Å²) in [5.41, 5.74) is 0.326. The molecule has 8 atom stereocenters. The Bertz CT molecular complexity index is 845. The lowest BCUT2D eigenvalue weighted by molar-refractivity contribution is -0.145. The van der Waals surface area contributed by atoms with E-state index in [2.05, 4.69) is 31.1 Å². The summed E-state index contributed by atoms with van der Waals surface area (Å²) in [6.07, 6.45) is 9.10. The molecule has 3 aliphatic carbocycles. The minimum atomic E-state index is 0.107. The molecule has 2 heterocycles. The summed E-state index contributed by atoms with van der Waals surface area (Å²) >= 11 is 1.35. The first-order chi connectivity index (χ1) is 14.3. The van der Waals surface area contributed by atoms with Gasteiger partial charge in [-0.2, -0.15) is 0 Å². The molecule has 1 N–H and O–H groups in total. The summed E-state index contributed by atoms with van der Waals surface area (Å²) in [4.78, 5) is 29.8. The molecule has 5 heteroatoms. The van der Waals surface area contributed by atoms with E-state index in [-0.39, 0.29) is 22.7 Å². The number of amides is 1. The molecule has 0 spiro atoms. The number of hydrogen-bond acceptors (Lipinski definition) is 4. The summed E-state index contributed by atoms with van der Waals surface area (Å²) in [6, 6.07) is 6.12. The Morgan fingerprint density at radius 2 is 1.93 bits per heavy atom. The van der Waals surface area contributed by atoms with Crippen LogP contribution in [0.2, 0.25) is 0 Å². The van der Waals surface area contributed by atoms with Crippen molar-refractivity contribution in [3.63, 3.8) is 0 Å². The molecule has 4 aliphatic rings. The van der Waals surface area contributed by atoms with Gasteiger partial charge in [-0.1, -0.05) is 26.8 Å². The van der Waals surface area contributed by atoms with Gasteiger partial charge in [0.2, 0.25) is 5.91 Å². The molecule has 162 valence electrons. The van der Waals surface area contributed by atoms with Crippen LogP contribution < -0.4 is 5.32 Å². The van der Waals surface area contributed by atoms with Gasteiger partial charge in [-0.05, 0) is 96.9 Å². The molecule has 4 fully saturated rings. The second-order valence-corrected chi connectivity index (χ2v) is 11.9. The van der Waals surface area contributed by atoms with Crippen molar-refractivity contribution < 1.29 is 9.59 Å². The predicted molar refractivity (Wildman–Crippen MR) is 119 cm³/mol. The molecule has 0 aromatic carbocycles. The number of piperidine rings is 1. The van der Waals surface area contributed by atoms with Gasteiger partial charge < -0.3 is 5.32 Å². The fourth-order valence-electron chi connectivity index (χ4n) is 8.02. The van der Waals surface area contributed by atoms with Crippen molar-refractivity contribution in [1.82, 2.24) is 10.3 Å². The molecule has 5 unspecified atom stereocenters. The fraction of sp³-hybridized carbons (Fsp3) is 0.720. The van der Waals surface area contributed by atoms with E-state index < -0.39 is 0 Å². The Kier molecular flexibility index (Phi) is 5.04. The van der Waals surface area contributed by atoms with Crippen molar-refractivity contribution in [1.29, 1.82) is 0 Å². The van der Waals surface area contributed by atoms with Gasteiger partial charge >= 0.3 is 0 Å². The van der Waals surface area contributed by atoms with Crippen LogP contribution in [0.25, 0.3) is 0 Å². The first kappa shape index (κ1) is 20.5. The highest BCUT2D eigenvalue weighted by molar-refractivity contribution is 8.13. The number of nitrogens with zero attached hydrogens (tertiary/aromatic N) is 1. The number of hydrogen-bond donors (Lipinski definition) is 1. The van der Waals surface area contributed by atoms with E-state index >= 15 is 0 Å². The molecule has 0 radical (unpaired) electrons. The van der Waals surface area contributed by atoms with Crippen LogP contribution in [0.5, 0.6) is 0 Å². The standard InChI is InChI=1S/C25H34N2O2S/c1-15-14-19-25(3,12-10-20(28)27-19)17-9-11-24(2)16(22(15)17)7-8-18(24)23(29)30-21-6-4-5-13-26-21/h4-6,13,15-19,22H,7-12,14H2,1-3H3,(H,27,28)/t15-,16?,17?,18?,19?,22?,24-,25+/m0/s1. The summed E-state index contributed by atoms with van der Waals surface area (Å²) in [6.45, 7) is 7.26. The molecule has 1 saturated heterocycles. The van der Waals surface area contributed by atoms with Crippen LogP contribution >= 0.6 is 11.8 Å². The van der Waals surface area contributed by atoms with E-state index in [1.165, 1.54) is 24.6 Å². The summed E-state index contributed by atoms with van der Waals surface area (Å²) in [5.74, 6) is 2.95. The average molecular weight is 427 g/mol. The monoisotopic (exact) mass is 426 g/mol. The third-order valence-corrected chi connectivity index (χ3v) is 10.5. The topological polar surface area (TPSA) is 59.1 Å². The zero-order valence-corrected chi connectivity index (χ0v) is 19.2. The Morgan fingerprint density at radius 3 is 2.70 bits per heavy atom. The second kappa shape index (κ2) is 7.36. The van der Waals surface area contributed by atoms with Gasteiger partial charge in [0.25, 0.3) is 0 Å². The lowest BCUT2D eigenvalue weighted by Crippen LogP contribution is -2.63. The number of rotatable bonds is 2. The molecule has 0 bridgehead atoms. The van der Waals surface area contributed by atoms with Gasteiger partial charge in [-0.25, -0.2) is 4.98 Å². The smallest absolute Gasteiger partial charge is 0.220 e. The van der Waals surface area contributed by atoms with E-state index in [0.29, 0.717) is 41.2 Å². The van der Waals surface area contributed by atoms with E-state index in [0.717, 1.165) is 30.7 Å². The van der Waals surface area contributed by atoms with Gasteiger partial charge in [0, 0.05) is 24.6 Å². The maximum atomic E-state index is 13.3. The van der Waals surface area contributed by atoms with E-state index in [1.54, 1.807) is 6.20 Å². The normalized spacial score (nSPS) is 45.1. The minimum Gasteiger partial charge on any atom is -0.353 e. The second-order valence-electron chi connectivity index (χ2n) is 10.9. The SMILES string of the molecule is C[C@H]1CC2NC(=O)CC[C@]2(C)C2CC[C@]3(C)C(C(=O)Sc4ccccn4)CCC3C21. The molecular weight excluding hydrogens is 392 g/mol. The molecule has 30 heavy (non-hydrogen) atoms. The third-order valence-electron chi connectivity index (χ3n) is 9.59. The number of pyridine rings is 1. The molecule has 1 aromatic heterocycles. The largest absolute Gasteiger partial charge is 0.353 e. The number of aromatic nitrogens is 1. The van der Waals surface area contributed by atoms with Gasteiger partial charge in [-0.15, -0.1) is 0 Å². The number of nitrogens with one attached hydrogen (secondary N) is 1. The van der Waals surface area contributed by atoms with Gasteiger partial charge in [0.15, 0.2) is 5.12 Å². The number of carbonyl (C=O) groups is 2. The molecule has 3 saturated carbocycles. The third kappa shape index (κ3) is 3.06. The molecule has 4 nitrogen and oxygen atoms in total. The fourth-order valence-corrected chi connectivity index (χ4v) is 9.01. The first-order valence-corrected chi connectivity index (χ1v) is 12.6. The van der Waals surface area contributed by atoms with Crippen molar-refractivity contribution in [2.45, 2.75) is 76.8 Å². The van der Waals surface area contributed by atoms with Gasteiger partial charge in [0.1, 0.15) is 5.03 Å². The Morgan fingerprint density at radius 1 is 1.13 bits per heavy atom. The lowest BCUT2D eigenvalue weighted by Gasteiger charge is -2.62. The number of thioether (sulfide) groups is 1. The molecule has 1 aromatic rings.